The molecule has 3 N–H and O–H groups in total. The van der Waals surface area contributed by atoms with E-state index in [-0.39, 0.29) is 11.3 Å². The maximum atomic E-state index is 12.3. The lowest BCUT2D eigenvalue weighted by Crippen LogP contribution is -2.44. The third-order valence-electron chi connectivity index (χ3n) is 7.40. The predicted octanol–water partition coefficient (Wildman–Crippen LogP) is 4.14. The molecule has 1 fully saturated rings. The zero-order chi connectivity index (χ0) is 24.9. The minimum absolute atomic E-state index is 0.00876. The predicted molar refractivity (Wildman–Crippen MR) is 144 cm³/mol. The van der Waals surface area contributed by atoms with Gasteiger partial charge in [-0.05, 0) is 48.5 Å². The standard InChI is InChI=1S/C28H31N7O/c1-28(2)17-31-26(36)21-8-7-18(13-24(21)28)22-15-29-25-23(22)16-30-27(33-25)32-19-5-4-6-20(14-19)35-11-9-34(3)10-12-35/h4-8,13-16H,9-12,17H2,1-3H3,(H,31,36)(H2,29,30,32,33). The second kappa shape index (κ2) is 8.64. The molecule has 0 atom stereocenters. The molecule has 6 rings (SSSR count). The fourth-order valence-corrected chi connectivity index (χ4v) is 5.14. The van der Waals surface area contributed by atoms with Gasteiger partial charge in [0.05, 0.1) is 0 Å². The normalized spacial score (nSPS) is 17.6. The number of nitrogens with one attached hydrogen (secondary N) is 3. The molecule has 2 aromatic heterocycles. The molecule has 1 amide bonds. The Hall–Kier alpha value is -3.91. The fraction of sp³-hybridized carbons (Fsp3) is 0.321. The van der Waals surface area contributed by atoms with Gasteiger partial charge >= 0.3 is 0 Å². The Morgan fingerprint density at radius 3 is 2.69 bits per heavy atom. The van der Waals surface area contributed by atoms with Crippen LogP contribution in [0.3, 0.4) is 0 Å². The van der Waals surface area contributed by atoms with E-state index in [1.165, 1.54) is 5.69 Å². The molecule has 4 heterocycles. The zero-order valence-corrected chi connectivity index (χ0v) is 20.9. The number of carbonyl (C=O) groups is 1. The van der Waals surface area contributed by atoms with Crippen molar-refractivity contribution >= 4 is 34.3 Å². The summed E-state index contributed by atoms with van der Waals surface area (Å²) in [5.74, 6) is 0.542. The lowest BCUT2D eigenvalue weighted by atomic mass is 9.78. The molecular formula is C28H31N7O. The van der Waals surface area contributed by atoms with Gasteiger partial charge in [0.1, 0.15) is 5.65 Å². The second-order valence-corrected chi connectivity index (χ2v) is 10.5. The van der Waals surface area contributed by atoms with Gasteiger partial charge in [-0.15, -0.1) is 0 Å². The van der Waals surface area contributed by atoms with Gasteiger partial charge in [-0.25, -0.2) is 4.98 Å². The van der Waals surface area contributed by atoms with E-state index < -0.39 is 0 Å². The van der Waals surface area contributed by atoms with Crippen LogP contribution in [-0.2, 0) is 5.41 Å². The number of piperazine rings is 1. The number of amides is 1. The quantitative estimate of drug-likeness (QED) is 0.406. The summed E-state index contributed by atoms with van der Waals surface area (Å²) in [5, 5.41) is 7.30. The number of H-pyrrole nitrogens is 1. The van der Waals surface area contributed by atoms with Crippen molar-refractivity contribution in [2.24, 2.45) is 0 Å². The first-order chi connectivity index (χ1) is 17.4. The Morgan fingerprint density at radius 1 is 1.03 bits per heavy atom. The van der Waals surface area contributed by atoms with Gasteiger partial charge in [0.25, 0.3) is 5.91 Å². The number of nitrogens with zero attached hydrogens (tertiary/aromatic N) is 4. The van der Waals surface area contributed by atoms with Gasteiger partial charge in [0, 0.05) is 78.4 Å². The van der Waals surface area contributed by atoms with Crippen molar-refractivity contribution in [2.75, 3.05) is 50.0 Å². The number of fused-ring (bicyclic) bond motifs is 2. The molecule has 184 valence electrons. The number of benzene rings is 2. The van der Waals surface area contributed by atoms with E-state index in [1.807, 2.05) is 30.6 Å². The van der Waals surface area contributed by atoms with E-state index in [4.69, 9.17) is 4.98 Å². The van der Waals surface area contributed by atoms with E-state index in [0.29, 0.717) is 12.5 Å². The number of hydrogen-bond acceptors (Lipinski definition) is 6. The Kier molecular flexibility index (Phi) is 5.41. The minimum Gasteiger partial charge on any atom is -0.369 e. The number of aromatic amines is 1. The van der Waals surface area contributed by atoms with Gasteiger partial charge in [-0.3, -0.25) is 4.79 Å². The van der Waals surface area contributed by atoms with Crippen LogP contribution < -0.4 is 15.5 Å². The Bertz CT molecular complexity index is 1450. The van der Waals surface area contributed by atoms with Gasteiger partial charge in [-0.1, -0.05) is 26.0 Å². The summed E-state index contributed by atoms with van der Waals surface area (Å²) >= 11 is 0. The first-order valence-corrected chi connectivity index (χ1v) is 12.5. The topological polar surface area (TPSA) is 89.2 Å². The van der Waals surface area contributed by atoms with Crippen LogP contribution in [0.1, 0.15) is 29.8 Å². The molecule has 8 heteroatoms. The maximum absolute atomic E-state index is 12.3. The molecule has 0 aliphatic carbocycles. The number of rotatable bonds is 4. The molecular weight excluding hydrogens is 450 g/mol. The summed E-state index contributed by atoms with van der Waals surface area (Å²) in [5.41, 5.74) is 6.71. The van der Waals surface area contributed by atoms with Crippen molar-refractivity contribution in [3.05, 3.63) is 66.0 Å². The van der Waals surface area contributed by atoms with Crippen LogP contribution in [0.5, 0.6) is 0 Å². The number of carbonyl (C=O) groups excluding carboxylic acids is 1. The highest BCUT2D eigenvalue weighted by molar-refractivity contribution is 5.99. The fourth-order valence-electron chi connectivity index (χ4n) is 5.14. The summed E-state index contributed by atoms with van der Waals surface area (Å²) < 4.78 is 0. The summed E-state index contributed by atoms with van der Waals surface area (Å²) in [7, 11) is 2.17. The van der Waals surface area contributed by atoms with Crippen molar-refractivity contribution < 1.29 is 4.79 Å². The molecule has 4 aromatic rings. The van der Waals surface area contributed by atoms with E-state index in [1.54, 1.807) is 0 Å². The van der Waals surface area contributed by atoms with E-state index in [2.05, 4.69) is 75.6 Å². The Morgan fingerprint density at radius 2 is 1.86 bits per heavy atom. The highest BCUT2D eigenvalue weighted by atomic mass is 16.1. The molecule has 0 bridgehead atoms. The van der Waals surface area contributed by atoms with Crippen LogP contribution in [0.4, 0.5) is 17.3 Å². The van der Waals surface area contributed by atoms with Gasteiger partial charge in [0.15, 0.2) is 0 Å². The van der Waals surface area contributed by atoms with Crippen LogP contribution in [0.15, 0.2) is 54.9 Å². The molecule has 1 saturated heterocycles. The number of aromatic nitrogens is 3. The molecule has 0 unspecified atom stereocenters. The van der Waals surface area contributed by atoms with Crippen molar-refractivity contribution in [3.8, 4) is 11.1 Å². The Labute approximate surface area is 210 Å². The average Bonchev–Trinajstić information content (AvgIpc) is 3.30. The van der Waals surface area contributed by atoms with E-state index in [0.717, 1.165) is 65.2 Å². The van der Waals surface area contributed by atoms with Gasteiger partial charge < -0.3 is 25.4 Å². The second-order valence-electron chi connectivity index (χ2n) is 10.5. The lowest BCUT2D eigenvalue weighted by Gasteiger charge is -2.34. The lowest BCUT2D eigenvalue weighted by molar-refractivity contribution is 0.0930. The summed E-state index contributed by atoms with van der Waals surface area (Å²) in [6.07, 6.45) is 3.83. The average molecular weight is 482 g/mol. The van der Waals surface area contributed by atoms with Crippen LogP contribution >= 0.6 is 0 Å². The first-order valence-electron chi connectivity index (χ1n) is 12.5. The van der Waals surface area contributed by atoms with Crippen LogP contribution in [0.2, 0.25) is 0 Å². The first kappa shape index (κ1) is 22.5. The van der Waals surface area contributed by atoms with Gasteiger partial charge in [0.2, 0.25) is 5.95 Å². The highest BCUT2D eigenvalue weighted by Crippen LogP contribution is 2.35. The van der Waals surface area contributed by atoms with Gasteiger partial charge in [-0.2, -0.15) is 4.98 Å². The molecule has 2 aliphatic rings. The zero-order valence-electron chi connectivity index (χ0n) is 20.9. The van der Waals surface area contributed by atoms with Crippen LogP contribution in [0, 0.1) is 0 Å². The largest absolute Gasteiger partial charge is 0.369 e. The third kappa shape index (κ3) is 4.07. The number of likely N-dealkylation sites (N-methyl/N-ethyl adjacent to an activating group) is 1. The monoisotopic (exact) mass is 481 g/mol. The highest BCUT2D eigenvalue weighted by Gasteiger charge is 2.31. The summed E-state index contributed by atoms with van der Waals surface area (Å²) in [6.45, 7) is 9.14. The molecule has 0 saturated carbocycles. The van der Waals surface area contributed by atoms with Crippen molar-refractivity contribution in [1.82, 2.24) is 25.2 Å². The van der Waals surface area contributed by atoms with Crippen molar-refractivity contribution in [2.45, 2.75) is 19.3 Å². The molecule has 2 aliphatic heterocycles. The number of anilines is 3. The number of hydrogen-bond donors (Lipinski definition) is 3. The van der Waals surface area contributed by atoms with E-state index in [9.17, 15) is 4.79 Å². The smallest absolute Gasteiger partial charge is 0.251 e. The molecule has 2 aromatic carbocycles. The minimum atomic E-state index is -0.127. The van der Waals surface area contributed by atoms with E-state index >= 15 is 0 Å². The van der Waals surface area contributed by atoms with Crippen LogP contribution in [0.25, 0.3) is 22.2 Å². The summed E-state index contributed by atoms with van der Waals surface area (Å²) in [4.78, 5) is 29.8. The third-order valence-corrected chi connectivity index (χ3v) is 7.40. The molecule has 36 heavy (non-hydrogen) atoms. The SMILES string of the molecule is CN1CCN(c2cccc(Nc3ncc4c(-c5ccc6c(c5)C(C)(C)CNC6=O)c[nH]c4n3)c2)CC1. The van der Waals surface area contributed by atoms with Crippen molar-refractivity contribution in [3.63, 3.8) is 0 Å². The molecule has 0 radical (unpaired) electrons. The van der Waals surface area contributed by atoms with Crippen molar-refractivity contribution in [1.29, 1.82) is 0 Å². The molecule has 0 spiro atoms. The molecule has 8 nitrogen and oxygen atoms in total. The van der Waals surface area contributed by atoms with Crippen LogP contribution in [-0.4, -0.2) is 65.5 Å². The summed E-state index contributed by atoms with van der Waals surface area (Å²) in [6, 6.07) is 14.5. The maximum Gasteiger partial charge on any atom is 0.251 e. The Balaban J connectivity index is 1.26.